The van der Waals surface area contributed by atoms with Crippen LogP contribution in [0.25, 0.3) is 0 Å². The Labute approximate surface area is 322 Å². The Morgan fingerprint density at radius 1 is 0.566 bits per heavy atom. The van der Waals surface area contributed by atoms with Crippen molar-refractivity contribution in [1.82, 2.24) is 0 Å². The number of unbranched alkanes of at least 4 members (excludes halogenated alkanes) is 24. The van der Waals surface area contributed by atoms with Crippen LogP contribution in [0.15, 0.2) is 12.2 Å². The Bertz CT molecular complexity index is 963. The number of allylic oxidation sites excluding steroid dienone is 2. The molecule has 0 aromatic rings. The average Bonchev–Trinajstić information content (AvgIpc) is 3.13. The molecular formula is C41H78NO10P. The molecule has 53 heavy (non-hydrogen) atoms. The van der Waals surface area contributed by atoms with Crippen molar-refractivity contribution in [3.8, 4) is 0 Å². The van der Waals surface area contributed by atoms with E-state index in [1.807, 2.05) is 0 Å². The van der Waals surface area contributed by atoms with Crippen LogP contribution in [0.5, 0.6) is 0 Å². The van der Waals surface area contributed by atoms with Gasteiger partial charge in [0.05, 0.1) is 13.2 Å². The molecule has 0 fully saturated rings. The van der Waals surface area contributed by atoms with Crippen LogP contribution >= 0.6 is 7.82 Å². The molecule has 4 N–H and O–H groups in total. The summed E-state index contributed by atoms with van der Waals surface area (Å²) in [7, 11) is -4.71. The highest BCUT2D eigenvalue weighted by Crippen LogP contribution is 2.43. The van der Waals surface area contributed by atoms with Crippen LogP contribution in [0, 0.1) is 0 Å². The first-order chi connectivity index (χ1) is 25.6. The van der Waals surface area contributed by atoms with Gasteiger partial charge in [-0.25, -0.2) is 4.57 Å². The van der Waals surface area contributed by atoms with Crippen LogP contribution in [-0.4, -0.2) is 59.9 Å². The number of nitrogens with two attached hydrogens (primary N) is 1. The second-order valence-electron chi connectivity index (χ2n) is 14.5. The molecule has 0 bridgehead atoms. The van der Waals surface area contributed by atoms with Gasteiger partial charge < -0.3 is 25.2 Å². The second-order valence-corrected chi connectivity index (χ2v) is 15.9. The molecule has 1 unspecified atom stereocenters. The fourth-order valence-corrected chi connectivity index (χ4v) is 6.66. The van der Waals surface area contributed by atoms with Gasteiger partial charge in [-0.2, -0.15) is 0 Å². The molecule has 0 rings (SSSR count). The normalized spacial score (nSPS) is 13.9. The summed E-state index contributed by atoms with van der Waals surface area (Å²) in [6, 6.07) is -1.52. The van der Waals surface area contributed by atoms with Crippen LogP contribution < -0.4 is 5.73 Å². The molecule has 0 aliphatic rings. The number of ether oxygens (including phenoxy) is 2. The van der Waals surface area contributed by atoms with Crippen molar-refractivity contribution >= 4 is 25.7 Å². The van der Waals surface area contributed by atoms with Crippen LogP contribution in [0.4, 0.5) is 0 Å². The van der Waals surface area contributed by atoms with E-state index in [9.17, 15) is 23.8 Å². The SMILES string of the molecule is CCCCCCC/C=C\CCCCCCCC(=O)O[C@H](COC(=O)CCCCCCCCCCCCCCCCC)COP(=O)(O)OC[C@H](N)C(=O)O. The number of hydrogen-bond acceptors (Lipinski definition) is 9. The number of carboxylic acid groups (broad SMARTS) is 1. The minimum absolute atomic E-state index is 0.155. The first kappa shape index (κ1) is 51.2. The third kappa shape index (κ3) is 36.9. The van der Waals surface area contributed by atoms with Gasteiger partial charge in [-0.15, -0.1) is 0 Å². The first-order valence-corrected chi connectivity index (χ1v) is 22.7. The Balaban J connectivity index is 4.36. The zero-order valence-electron chi connectivity index (χ0n) is 33.6. The third-order valence-corrected chi connectivity index (χ3v) is 10.2. The second kappa shape index (κ2) is 37.2. The van der Waals surface area contributed by atoms with Crippen molar-refractivity contribution in [3.05, 3.63) is 12.2 Å². The fourth-order valence-electron chi connectivity index (χ4n) is 5.88. The molecular weight excluding hydrogens is 697 g/mol. The molecule has 3 atom stereocenters. The molecule has 312 valence electrons. The standard InChI is InChI=1S/C41H78NO10P/c1-3-5-7-9-11-13-15-17-19-21-22-24-26-28-30-32-39(43)49-34-37(35-50-53(47,48)51-36-38(42)41(45)46)52-40(44)33-31-29-27-25-23-20-18-16-14-12-10-8-6-4-2/h16,18,37-38H,3-15,17,19-36,42H2,1-2H3,(H,45,46)(H,47,48)/b18-16-/t37-,38+/m1/s1. The Hall–Kier alpha value is -1.78. The quantitative estimate of drug-likeness (QED) is 0.0234. The van der Waals surface area contributed by atoms with Crippen molar-refractivity contribution in [3.63, 3.8) is 0 Å². The van der Waals surface area contributed by atoms with E-state index in [0.29, 0.717) is 12.8 Å². The van der Waals surface area contributed by atoms with Crippen molar-refractivity contribution in [1.29, 1.82) is 0 Å². The number of rotatable bonds is 40. The molecule has 0 amide bonds. The van der Waals surface area contributed by atoms with Gasteiger partial charge in [-0.3, -0.25) is 23.4 Å². The summed E-state index contributed by atoms with van der Waals surface area (Å²) in [6.45, 7) is 2.80. The molecule has 0 radical (unpaired) electrons. The predicted octanol–water partition coefficient (Wildman–Crippen LogP) is 10.9. The van der Waals surface area contributed by atoms with Gasteiger partial charge in [0.15, 0.2) is 6.10 Å². The number of carbonyl (C=O) groups excluding carboxylic acids is 2. The van der Waals surface area contributed by atoms with Gasteiger partial charge in [-0.1, -0.05) is 161 Å². The van der Waals surface area contributed by atoms with E-state index in [1.54, 1.807) is 0 Å². The summed E-state index contributed by atoms with van der Waals surface area (Å²) in [6.07, 6.45) is 35.6. The lowest BCUT2D eigenvalue weighted by Crippen LogP contribution is -2.34. The van der Waals surface area contributed by atoms with Crippen molar-refractivity contribution in [2.45, 2.75) is 212 Å². The van der Waals surface area contributed by atoms with Crippen molar-refractivity contribution in [2.24, 2.45) is 5.73 Å². The fraction of sp³-hybridized carbons (Fsp3) is 0.878. The largest absolute Gasteiger partial charge is 0.480 e. The minimum atomic E-state index is -4.71. The molecule has 0 spiro atoms. The summed E-state index contributed by atoms with van der Waals surface area (Å²) in [5, 5.41) is 8.87. The first-order valence-electron chi connectivity index (χ1n) is 21.2. The maximum Gasteiger partial charge on any atom is 0.472 e. The van der Waals surface area contributed by atoms with Crippen molar-refractivity contribution < 1.29 is 47.5 Å². The van der Waals surface area contributed by atoms with E-state index in [2.05, 4.69) is 30.5 Å². The van der Waals surface area contributed by atoms with Gasteiger partial charge >= 0.3 is 25.7 Å². The molecule has 0 saturated carbocycles. The lowest BCUT2D eigenvalue weighted by Gasteiger charge is -2.20. The van der Waals surface area contributed by atoms with Crippen LogP contribution in [0.1, 0.15) is 200 Å². The van der Waals surface area contributed by atoms with Crippen LogP contribution in [-0.2, 0) is 37.5 Å². The van der Waals surface area contributed by atoms with E-state index in [4.69, 9.17) is 24.8 Å². The van der Waals surface area contributed by atoms with E-state index in [0.717, 1.165) is 57.8 Å². The molecule has 0 aromatic heterocycles. The molecule has 0 aliphatic carbocycles. The van der Waals surface area contributed by atoms with E-state index in [-0.39, 0.29) is 19.4 Å². The maximum atomic E-state index is 12.6. The minimum Gasteiger partial charge on any atom is -0.480 e. The number of phosphoric acid groups is 1. The lowest BCUT2D eigenvalue weighted by molar-refractivity contribution is -0.161. The maximum absolute atomic E-state index is 12.6. The van der Waals surface area contributed by atoms with Gasteiger partial charge in [-0.05, 0) is 38.5 Å². The summed E-state index contributed by atoms with van der Waals surface area (Å²) in [5.74, 6) is -2.38. The summed E-state index contributed by atoms with van der Waals surface area (Å²) in [5.41, 5.74) is 5.33. The van der Waals surface area contributed by atoms with Crippen LogP contribution in [0.3, 0.4) is 0 Å². The molecule has 0 heterocycles. The van der Waals surface area contributed by atoms with Gasteiger partial charge in [0, 0.05) is 12.8 Å². The smallest absolute Gasteiger partial charge is 0.472 e. The molecule has 0 saturated heterocycles. The zero-order chi connectivity index (χ0) is 39.3. The third-order valence-electron chi connectivity index (χ3n) is 9.26. The molecule has 12 heteroatoms. The number of aliphatic carboxylic acids is 1. The van der Waals surface area contributed by atoms with Gasteiger partial charge in [0.2, 0.25) is 0 Å². The lowest BCUT2D eigenvalue weighted by atomic mass is 10.0. The van der Waals surface area contributed by atoms with Crippen molar-refractivity contribution in [2.75, 3.05) is 19.8 Å². The van der Waals surface area contributed by atoms with Gasteiger partial charge in [0.25, 0.3) is 0 Å². The number of hydrogen-bond donors (Lipinski definition) is 3. The highest BCUT2D eigenvalue weighted by atomic mass is 31.2. The monoisotopic (exact) mass is 776 g/mol. The summed E-state index contributed by atoms with van der Waals surface area (Å²) < 4.78 is 32.6. The molecule has 0 aromatic carbocycles. The Kier molecular flexibility index (Phi) is 35.9. The highest BCUT2D eigenvalue weighted by Gasteiger charge is 2.28. The number of phosphoric ester groups is 1. The highest BCUT2D eigenvalue weighted by molar-refractivity contribution is 7.47. The summed E-state index contributed by atoms with van der Waals surface area (Å²) in [4.78, 5) is 45.9. The topological polar surface area (TPSA) is 172 Å². The average molecular weight is 776 g/mol. The number of carboxylic acids is 1. The van der Waals surface area contributed by atoms with E-state index >= 15 is 0 Å². The van der Waals surface area contributed by atoms with Crippen LogP contribution in [0.2, 0.25) is 0 Å². The zero-order valence-corrected chi connectivity index (χ0v) is 34.5. The summed E-state index contributed by atoms with van der Waals surface area (Å²) >= 11 is 0. The Morgan fingerprint density at radius 2 is 0.943 bits per heavy atom. The number of esters is 2. The van der Waals surface area contributed by atoms with E-state index in [1.165, 1.54) is 103 Å². The predicted molar refractivity (Wildman–Crippen MR) is 213 cm³/mol. The Morgan fingerprint density at radius 3 is 1.38 bits per heavy atom. The number of carbonyl (C=O) groups is 3. The molecule has 0 aliphatic heterocycles. The van der Waals surface area contributed by atoms with Gasteiger partial charge in [0.1, 0.15) is 12.6 Å². The van der Waals surface area contributed by atoms with E-state index < -0.39 is 51.1 Å². The molecule has 11 nitrogen and oxygen atoms in total.